The van der Waals surface area contributed by atoms with Crippen LogP contribution in [0, 0.1) is 0 Å². The van der Waals surface area contributed by atoms with E-state index in [2.05, 4.69) is 196 Å². The van der Waals surface area contributed by atoms with Gasteiger partial charge in [-0.2, -0.15) is 0 Å². The number of rotatable bonds is 10. The Morgan fingerprint density at radius 2 is 1.45 bits per heavy atom. The van der Waals surface area contributed by atoms with Crippen LogP contribution in [0.1, 0.15) is 76.1 Å². The molecule has 0 radical (unpaired) electrons. The molecule has 272 valence electrons. The number of anilines is 1. The normalized spacial score (nSPS) is 15.0. The van der Waals surface area contributed by atoms with E-state index in [1.54, 1.807) is 0 Å². The first-order chi connectivity index (χ1) is 26.8. The van der Waals surface area contributed by atoms with Crippen LogP contribution in [0.3, 0.4) is 0 Å². The van der Waals surface area contributed by atoms with Crippen LogP contribution in [0.15, 0.2) is 171 Å². The summed E-state index contributed by atoms with van der Waals surface area (Å²) in [6, 6.07) is 38.5. The quantitative estimate of drug-likeness (QED) is 0.128. The molecular formula is C53H50N2. The number of benzene rings is 5. The van der Waals surface area contributed by atoms with Crippen LogP contribution >= 0.6 is 0 Å². The van der Waals surface area contributed by atoms with Crippen molar-refractivity contribution in [2.24, 2.45) is 0 Å². The van der Waals surface area contributed by atoms with E-state index in [1.807, 2.05) is 13.1 Å². The molecule has 0 N–H and O–H groups in total. The van der Waals surface area contributed by atoms with E-state index in [-0.39, 0.29) is 5.41 Å². The first-order valence-corrected chi connectivity index (χ1v) is 19.7. The Morgan fingerprint density at radius 3 is 2.18 bits per heavy atom. The van der Waals surface area contributed by atoms with Gasteiger partial charge in [0.25, 0.3) is 0 Å². The molecule has 1 heterocycles. The maximum Gasteiger partial charge on any atom is 0.0541 e. The highest BCUT2D eigenvalue weighted by Crippen LogP contribution is 2.51. The molecule has 55 heavy (non-hydrogen) atoms. The van der Waals surface area contributed by atoms with Crippen LogP contribution in [-0.4, -0.2) is 4.57 Å². The number of allylic oxidation sites excluding steroid dienone is 10. The van der Waals surface area contributed by atoms with Crippen molar-refractivity contribution < 1.29 is 0 Å². The standard InChI is InChI=1S/C53H50N2/c1-8-17-36(5)44-32-39(26-30-50(44)54(11-4)41(18-9-2)19-10-3)40-27-31-51-46(33-40)47-34-45-43-22-15-16-23-48(43)53(6,7)49(45)35-52(47)55(51)42-28-24-38(25-29-42)37-20-13-12-14-21-37/h8-9,11-24,26-28,30-35H,4-5,10,25,29H2,1-3,6-7H3/b17-8-,18-9-,41-19+. The second kappa shape index (κ2) is 14.6. The third kappa shape index (κ3) is 6.16. The molecule has 6 aromatic rings. The van der Waals surface area contributed by atoms with Gasteiger partial charge in [0.2, 0.25) is 0 Å². The van der Waals surface area contributed by atoms with E-state index >= 15 is 0 Å². The third-order valence-electron chi connectivity index (χ3n) is 11.5. The van der Waals surface area contributed by atoms with Gasteiger partial charge in [-0.05, 0) is 132 Å². The zero-order valence-corrected chi connectivity index (χ0v) is 32.9. The molecule has 0 saturated carbocycles. The summed E-state index contributed by atoms with van der Waals surface area (Å²) in [5.41, 5.74) is 18.5. The minimum atomic E-state index is -0.0835. The molecule has 8 rings (SSSR count). The lowest BCUT2D eigenvalue weighted by atomic mass is 9.82. The Kier molecular flexibility index (Phi) is 9.53. The molecule has 2 aliphatic rings. The fourth-order valence-electron chi connectivity index (χ4n) is 8.85. The number of hydrogen-bond donors (Lipinski definition) is 0. The summed E-state index contributed by atoms with van der Waals surface area (Å²) in [6.07, 6.45) is 20.1. The molecular weight excluding hydrogens is 665 g/mol. The fraction of sp³-hybridized carbons (Fsp3) is 0.170. The maximum atomic E-state index is 4.51. The van der Waals surface area contributed by atoms with Gasteiger partial charge in [0.05, 0.1) is 16.7 Å². The lowest BCUT2D eigenvalue weighted by Gasteiger charge is -2.25. The second-order valence-electron chi connectivity index (χ2n) is 15.2. The first kappa shape index (κ1) is 35.9. The van der Waals surface area contributed by atoms with E-state index in [0.29, 0.717) is 0 Å². The van der Waals surface area contributed by atoms with Crippen LogP contribution < -0.4 is 4.90 Å². The van der Waals surface area contributed by atoms with E-state index in [4.69, 9.17) is 0 Å². The van der Waals surface area contributed by atoms with Gasteiger partial charge in [-0.1, -0.05) is 131 Å². The third-order valence-corrected chi connectivity index (χ3v) is 11.5. The number of hydrogen-bond acceptors (Lipinski definition) is 1. The zero-order valence-electron chi connectivity index (χ0n) is 32.9. The molecule has 2 heteroatoms. The molecule has 1 aromatic heterocycles. The summed E-state index contributed by atoms with van der Waals surface area (Å²) in [7, 11) is 0. The smallest absolute Gasteiger partial charge is 0.0541 e. The fourth-order valence-corrected chi connectivity index (χ4v) is 8.85. The lowest BCUT2D eigenvalue weighted by molar-refractivity contribution is 0.661. The predicted molar refractivity (Wildman–Crippen MR) is 240 cm³/mol. The Hall–Kier alpha value is -6.12. The van der Waals surface area contributed by atoms with E-state index in [9.17, 15) is 0 Å². The average Bonchev–Trinajstić information content (AvgIpc) is 3.65. The van der Waals surface area contributed by atoms with Gasteiger partial charge in [0.15, 0.2) is 0 Å². The first-order valence-electron chi connectivity index (χ1n) is 19.7. The minimum Gasteiger partial charge on any atom is -0.317 e. The van der Waals surface area contributed by atoms with Gasteiger partial charge in [-0.15, -0.1) is 0 Å². The molecule has 5 aromatic carbocycles. The summed E-state index contributed by atoms with van der Waals surface area (Å²) in [5, 5.41) is 2.55. The SMILES string of the molecule is C=CN(C(/C=C\C)=C/CC)c1ccc(-c2ccc3c(c2)c2cc4c(cc2n3C2=CC=C(c3ccccc3)CC2)C(C)(C)c2ccccc2-4)cc1C(=C)/C=C\C. The van der Waals surface area contributed by atoms with Gasteiger partial charge in [0.1, 0.15) is 0 Å². The summed E-state index contributed by atoms with van der Waals surface area (Å²) in [4.78, 5) is 2.17. The van der Waals surface area contributed by atoms with Crippen LogP contribution in [0.25, 0.3) is 60.9 Å². The van der Waals surface area contributed by atoms with Crippen molar-refractivity contribution in [2.45, 2.75) is 59.3 Å². The number of nitrogens with zero attached hydrogens (tertiary/aromatic N) is 2. The Labute approximate surface area is 327 Å². The molecule has 0 atom stereocenters. The highest BCUT2D eigenvalue weighted by atomic mass is 15.1. The largest absolute Gasteiger partial charge is 0.317 e. The number of fused-ring (bicyclic) bond motifs is 6. The molecule has 0 aliphatic heterocycles. The van der Waals surface area contributed by atoms with Crippen molar-refractivity contribution in [3.05, 3.63) is 193 Å². The molecule has 0 unspecified atom stereocenters. The number of aromatic nitrogens is 1. The topological polar surface area (TPSA) is 8.17 Å². The van der Waals surface area contributed by atoms with Gasteiger partial charge in [0, 0.05) is 39.3 Å². The van der Waals surface area contributed by atoms with Crippen LogP contribution in [0.2, 0.25) is 0 Å². The summed E-state index contributed by atoms with van der Waals surface area (Å²) < 4.78 is 2.54. The van der Waals surface area contributed by atoms with Gasteiger partial charge in [-0.3, -0.25) is 0 Å². The molecule has 2 nitrogen and oxygen atoms in total. The van der Waals surface area contributed by atoms with Crippen molar-refractivity contribution in [2.75, 3.05) is 4.90 Å². The van der Waals surface area contributed by atoms with Crippen molar-refractivity contribution >= 4 is 44.3 Å². The average molecular weight is 715 g/mol. The van der Waals surface area contributed by atoms with Gasteiger partial charge in [-0.25, -0.2) is 0 Å². The van der Waals surface area contributed by atoms with E-state index in [0.717, 1.165) is 47.3 Å². The van der Waals surface area contributed by atoms with Gasteiger partial charge < -0.3 is 9.47 Å². The van der Waals surface area contributed by atoms with Crippen LogP contribution in [0.4, 0.5) is 5.69 Å². The van der Waals surface area contributed by atoms with Crippen molar-refractivity contribution in [1.29, 1.82) is 0 Å². The minimum absolute atomic E-state index is 0.0835. The lowest BCUT2D eigenvalue weighted by Crippen LogP contribution is -2.15. The highest BCUT2D eigenvalue weighted by Gasteiger charge is 2.36. The summed E-state index contributed by atoms with van der Waals surface area (Å²) >= 11 is 0. The summed E-state index contributed by atoms with van der Waals surface area (Å²) in [6.45, 7) is 19.7. The van der Waals surface area contributed by atoms with Crippen molar-refractivity contribution in [3.63, 3.8) is 0 Å². The van der Waals surface area contributed by atoms with Crippen molar-refractivity contribution in [3.8, 4) is 22.3 Å². The highest BCUT2D eigenvalue weighted by molar-refractivity contribution is 6.13. The van der Waals surface area contributed by atoms with Crippen molar-refractivity contribution in [1.82, 2.24) is 4.57 Å². The molecule has 0 fully saturated rings. The Bertz CT molecular complexity index is 2650. The molecule has 0 bridgehead atoms. The maximum absolute atomic E-state index is 4.51. The van der Waals surface area contributed by atoms with Crippen LogP contribution in [-0.2, 0) is 5.41 Å². The van der Waals surface area contributed by atoms with Crippen LogP contribution in [0.5, 0.6) is 0 Å². The van der Waals surface area contributed by atoms with E-state index < -0.39 is 0 Å². The zero-order chi connectivity index (χ0) is 38.3. The molecule has 0 spiro atoms. The van der Waals surface area contributed by atoms with E-state index in [1.165, 1.54) is 66.5 Å². The van der Waals surface area contributed by atoms with Gasteiger partial charge >= 0.3 is 0 Å². The second-order valence-corrected chi connectivity index (χ2v) is 15.2. The molecule has 0 saturated heterocycles. The predicted octanol–water partition coefficient (Wildman–Crippen LogP) is 14.9. The monoisotopic (exact) mass is 714 g/mol. The summed E-state index contributed by atoms with van der Waals surface area (Å²) in [5.74, 6) is 0. The Balaban J connectivity index is 1.33. The Morgan fingerprint density at radius 1 is 0.727 bits per heavy atom. The molecule has 2 aliphatic carbocycles. The molecule has 0 amide bonds.